The summed E-state index contributed by atoms with van der Waals surface area (Å²) in [6, 6.07) is 12.5. The number of likely N-dealkylation sites (tertiary alicyclic amines) is 1. The number of aromatic nitrogens is 1. The van der Waals surface area contributed by atoms with E-state index in [0.29, 0.717) is 12.2 Å². The molecular formula is C24H27N3O5S. The van der Waals surface area contributed by atoms with Crippen molar-refractivity contribution < 1.29 is 24.2 Å². The third kappa shape index (κ3) is 7.28. The van der Waals surface area contributed by atoms with Gasteiger partial charge in [-0.3, -0.25) is 4.99 Å². The summed E-state index contributed by atoms with van der Waals surface area (Å²) in [5.74, 6) is 0.736. The van der Waals surface area contributed by atoms with Crippen LogP contribution in [0.4, 0.5) is 0 Å². The van der Waals surface area contributed by atoms with Gasteiger partial charge in [-0.2, -0.15) is 0 Å². The number of aliphatic carboxylic acids is 2. The first kappa shape index (κ1) is 24.2. The van der Waals surface area contributed by atoms with Crippen LogP contribution in [0.15, 0.2) is 75.3 Å². The zero-order chi connectivity index (χ0) is 23.6. The maximum absolute atomic E-state index is 9.55. The molecule has 0 atom stereocenters. The van der Waals surface area contributed by atoms with Crippen molar-refractivity contribution in [1.82, 2.24) is 9.47 Å². The van der Waals surface area contributed by atoms with Crippen molar-refractivity contribution in [3.63, 3.8) is 0 Å². The number of thioether (sulfide) groups is 1. The van der Waals surface area contributed by atoms with E-state index < -0.39 is 11.9 Å². The smallest absolute Gasteiger partial charge is 0.328 e. The lowest BCUT2D eigenvalue weighted by Gasteiger charge is -2.10. The van der Waals surface area contributed by atoms with E-state index in [0.717, 1.165) is 37.6 Å². The Morgan fingerprint density at radius 1 is 1.15 bits per heavy atom. The molecule has 33 heavy (non-hydrogen) atoms. The molecule has 9 heteroatoms. The molecule has 2 N–H and O–H groups in total. The quantitative estimate of drug-likeness (QED) is 0.289. The Morgan fingerprint density at radius 3 is 2.55 bits per heavy atom. The highest BCUT2D eigenvalue weighted by Crippen LogP contribution is 2.30. The van der Waals surface area contributed by atoms with Gasteiger partial charge in [0.15, 0.2) is 0 Å². The monoisotopic (exact) mass is 469 g/mol. The molecule has 0 radical (unpaired) electrons. The third-order valence-corrected chi connectivity index (χ3v) is 6.03. The highest BCUT2D eigenvalue weighted by atomic mass is 32.2. The first-order chi connectivity index (χ1) is 15.9. The van der Waals surface area contributed by atoms with E-state index in [2.05, 4.69) is 47.0 Å². The number of nitrogens with zero attached hydrogens (tertiary/aromatic N) is 3. The SMILES string of the molecule is CN1CCCC1=NCCSc1cn(Cc2ccco2)c2ccccc12.O=C(O)C=CC(=O)O. The van der Waals surface area contributed by atoms with Crippen LogP contribution in [-0.4, -0.2) is 63.3 Å². The fraction of sp³-hybridized carbons (Fsp3) is 0.292. The maximum Gasteiger partial charge on any atom is 0.328 e. The van der Waals surface area contributed by atoms with Crippen LogP contribution >= 0.6 is 11.8 Å². The first-order valence-corrected chi connectivity index (χ1v) is 11.5. The number of carboxylic acids is 2. The number of aliphatic imine (C=N–C) groups is 1. The predicted molar refractivity (Wildman–Crippen MR) is 129 cm³/mol. The Morgan fingerprint density at radius 2 is 1.91 bits per heavy atom. The van der Waals surface area contributed by atoms with Crippen LogP contribution in [0, 0.1) is 0 Å². The molecule has 1 fully saturated rings. The van der Waals surface area contributed by atoms with Crippen LogP contribution in [0.2, 0.25) is 0 Å². The summed E-state index contributed by atoms with van der Waals surface area (Å²) >= 11 is 1.89. The maximum atomic E-state index is 9.55. The Hall–Kier alpha value is -3.46. The minimum Gasteiger partial charge on any atom is -0.478 e. The van der Waals surface area contributed by atoms with E-state index in [1.807, 2.05) is 23.9 Å². The predicted octanol–water partition coefficient (Wildman–Crippen LogP) is 4.21. The molecule has 8 nitrogen and oxygen atoms in total. The van der Waals surface area contributed by atoms with E-state index in [4.69, 9.17) is 19.6 Å². The minimum absolute atomic E-state index is 0.558. The Balaban J connectivity index is 0.000000331. The van der Waals surface area contributed by atoms with E-state index >= 15 is 0 Å². The van der Waals surface area contributed by atoms with Gasteiger partial charge in [0.25, 0.3) is 0 Å². The zero-order valence-corrected chi connectivity index (χ0v) is 19.2. The van der Waals surface area contributed by atoms with Crippen LogP contribution in [0.1, 0.15) is 18.6 Å². The number of hydrogen-bond acceptors (Lipinski definition) is 5. The van der Waals surface area contributed by atoms with E-state index in [9.17, 15) is 9.59 Å². The summed E-state index contributed by atoms with van der Waals surface area (Å²) in [7, 11) is 2.14. The number of hydrogen-bond donors (Lipinski definition) is 2. The molecule has 4 rings (SSSR count). The molecule has 0 unspecified atom stereocenters. The van der Waals surface area contributed by atoms with Gasteiger partial charge in [-0.15, -0.1) is 11.8 Å². The number of fused-ring (bicyclic) bond motifs is 1. The molecule has 1 aromatic carbocycles. The molecule has 3 heterocycles. The molecule has 0 bridgehead atoms. The van der Waals surface area contributed by atoms with Crippen molar-refractivity contribution in [2.75, 3.05) is 25.9 Å². The lowest BCUT2D eigenvalue weighted by molar-refractivity contribution is -0.134. The summed E-state index contributed by atoms with van der Waals surface area (Å²) in [5, 5.41) is 16.9. The number of amidine groups is 1. The topological polar surface area (TPSA) is 108 Å². The molecule has 3 aromatic rings. The van der Waals surface area contributed by atoms with E-state index in [1.54, 1.807) is 6.26 Å². The fourth-order valence-electron chi connectivity index (χ4n) is 3.50. The average molecular weight is 470 g/mol. The molecule has 0 spiro atoms. The van der Waals surface area contributed by atoms with Crippen LogP contribution in [0.25, 0.3) is 10.9 Å². The molecule has 0 saturated carbocycles. The van der Waals surface area contributed by atoms with Crippen molar-refractivity contribution in [1.29, 1.82) is 0 Å². The van der Waals surface area contributed by atoms with Gasteiger partial charge in [0.05, 0.1) is 25.2 Å². The number of rotatable bonds is 8. The molecule has 174 valence electrons. The number of furan rings is 1. The van der Waals surface area contributed by atoms with Crippen LogP contribution in [-0.2, 0) is 16.1 Å². The highest BCUT2D eigenvalue weighted by molar-refractivity contribution is 7.99. The average Bonchev–Trinajstić information content (AvgIpc) is 3.53. The lowest BCUT2D eigenvalue weighted by Crippen LogP contribution is -2.19. The Labute approximate surface area is 196 Å². The van der Waals surface area contributed by atoms with Gasteiger partial charge in [0, 0.05) is 59.9 Å². The normalized spacial score (nSPS) is 14.7. The molecule has 2 aromatic heterocycles. The molecule has 1 saturated heterocycles. The van der Waals surface area contributed by atoms with Crippen molar-refractivity contribution >= 4 is 40.4 Å². The van der Waals surface area contributed by atoms with E-state index in [-0.39, 0.29) is 0 Å². The van der Waals surface area contributed by atoms with Crippen molar-refractivity contribution in [2.24, 2.45) is 4.99 Å². The highest BCUT2D eigenvalue weighted by Gasteiger charge is 2.13. The minimum atomic E-state index is -1.26. The first-order valence-electron chi connectivity index (χ1n) is 10.6. The second-order valence-electron chi connectivity index (χ2n) is 7.40. The summed E-state index contributed by atoms with van der Waals surface area (Å²) < 4.78 is 7.78. The standard InChI is InChI=1S/C20H23N3OS.C4H4O4/c1-22-11-4-9-20(22)21-10-13-25-19-15-23(14-16-6-5-12-24-16)18-8-3-2-7-17(18)19;5-3(6)1-2-4(7)8/h2-3,5-8,12,15H,4,9-11,13-14H2,1H3;1-2H,(H,5,6)(H,7,8). The lowest BCUT2D eigenvalue weighted by atomic mass is 10.2. The van der Waals surface area contributed by atoms with Crippen LogP contribution in [0.3, 0.4) is 0 Å². The van der Waals surface area contributed by atoms with Crippen molar-refractivity contribution in [3.05, 3.63) is 66.8 Å². The zero-order valence-electron chi connectivity index (χ0n) is 18.4. The third-order valence-electron chi connectivity index (χ3n) is 5.00. The van der Waals surface area contributed by atoms with Gasteiger partial charge in [0.2, 0.25) is 0 Å². The Kier molecular flexibility index (Phi) is 8.77. The molecule has 1 aliphatic heterocycles. The summed E-state index contributed by atoms with van der Waals surface area (Å²) in [5.41, 5.74) is 1.25. The summed E-state index contributed by atoms with van der Waals surface area (Å²) in [6.45, 7) is 2.79. The number of carbonyl (C=O) groups is 2. The van der Waals surface area contributed by atoms with Crippen molar-refractivity contribution in [3.8, 4) is 0 Å². The van der Waals surface area contributed by atoms with Gasteiger partial charge in [-0.1, -0.05) is 18.2 Å². The van der Waals surface area contributed by atoms with Gasteiger partial charge >= 0.3 is 11.9 Å². The number of carboxylic acid groups (broad SMARTS) is 2. The summed E-state index contributed by atoms with van der Waals surface area (Å²) in [4.78, 5) is 27.5. The largest absolute Gasteiger partial charge is 0.478 e. The fourth-order valence-corrected chi connectivity index (χ4v) is 4.43. The van der Waals surface area contributed by atoms with Gasteiger partial charge < -0.3 is 24.1 Å². The van der Waals surface area contributed by atoms with Gasteiger partial charge in [0.1, 0.15) is 5.76 Å². The second kappa shape index (κ2) is 12.0. The van der Waals surface area contributed by atoms with E-state index in [1.165, 1.54) is 28.1 Å². The molecule has 0 amide bonds. The molecular weight excluding hydrogens is 442 g/mol. The van der Waals surface area contributed by atoms with Crippen LogP contribution in [0.5, 0.6) is 0 Å². The van der Waals surface area contributed by atoms with Crippen LogP contribution < -0.4 is 0 Å². The van der Waals surface area contributed by atoms with Gasteiger partial charge in [-0.25, -0.2) is 9.59 Å². The van der Waals surface area contributed by atoms with Crippen molar-refractivity contribution in [2.45, 2.75) is 24.3 Å². The van der Waals surface area contributed by atoms with Gasteiger partial charge in [-0.05, 0) is 24.6 Å². The second-order valence-corrected chi connectivity index (χ2v) is 8.54. The number of benzene rings is 1. The Bertz CT molecular complexity index is 1120. The summed E-state index contributed by atoms with van der Waals surface area (Å²) in [6.07, 6.45) is 7.46. The molecule has 1 aliphatic rings. The number of para-hydroxylation sites is 1. The molecule has 0 aliphatic carbocycles.